The molecule has 0 aliphatic rings. The van der Waals surface area contributed by atoms with E-state index in [1.54, 1.807) is 42.6 Å². The van der Waals surface area contributed by atoms with Gasteiger partial charge in [-0.05, 0) is 6.07 Å². The fraction of sp³-hybridized carbons (Fsp3) is 0.182. The predicted molar refractivity (Wildman–Crippen MR) is 65.5 cm³/mol. The van der Waals surface area contributed by atoms with Gasteiger partial charge in [-0.15, -0.1) is 0 Å². The number of halogens is 1. The number of nitrogens with zero attached hydrogens (tertiary/aromatic N) is 4. The van der Waals surface area contributed by atoms with Crippen molar-refractivity contribution in [3.63, 3.8) is 0 Å². The number of rotatable bonds is 2. The van der Waals surface area contributed by atoms with E-state index < -0.39 is 0 Å². The molecule has 0 fully saturated rings. The van der Waals surface area contributed by atoms with Crippen molar-refractivity contribution in [2.75, 3.05) is 11.9 Å². The molecule has 0 aliphatic heterocycles. The highest BCUT2D eigenvalue weighted by atomic mass is 35.5. The predicted octanol–water partition coefficient (Wildman–Crippen LogP) is 1.90. The zero-order valence-electron chi connectivity index (χ0n) is 9.46. The van der Waals surface area contributed by atoms with Crippen LogP contribution in [0.5, 0.6) is 0 Å². The molecule has 2 aromatic rings. The van der Waals surface area contributed by atoms with E-state index in [2.05, 4.69) is 10.1 Å². The van der Waals surface area contributed by atoms with Crippen molar-refractivity contribution in [2.45, 2.75) is 6.92 Å². The molecular formula is C11H11ClN4O. The number of anilines is 1. The third kappa shape index (κ3) is 2.29. The second kappa shape index (κ2) is 4.55. The molecule has 0 N–H and O–H groups in total. The molecule has 0 radical (unpaired) electrons. The van der Waals surface area contributed by atoms with Gasteiger partial charge in [0.2, 0.25) is 5.91 Å². The van der Waals surface area contributed by atoms with E-state index in [4.69, 9.17) is 11.6 Å². The number of amides is 1. The molecule has 0 bridgehead atoms. The summed E-state index contributed by atoms with van der Waals surface area (Å²) in [4.78, 5) is 16.7. The zero-order valence-corrected chi connectivity index (χ0v) is 10.2. The lowest BCUT2D eigenvalue weighted by molar-refractivity contribution is -0.116. The van der Waals surface area contributed by atoms with Crippen LogP contribution in [0, 0.1) is 0 Å². The van der Waals surface area contributed by atoms with Crippen LogP contribution in [0.1, 0.15) is 6.92 Å². The monoisotopic (exact) mass is 250 g/mol. The number of aromatic nitrogens is 3. The molecule has 5 nitrogen and oxygen atoms in total. The van der Waals surface area contributed by atoms with E-state index in [1.807, 2.05) is 0 Å². The van der Waals surface area contributed by atoms with Gasteiger partial charge in [0.05, 0.1) is 29.3 Å². The van der Waals surface area contributed by atoms with Gasteiger partial charge in [0.25, 0.3) is 0 Å². The third-order valence-electron chi connectivity index (χ3n) is 2.42. The number of carbonyl (C=O) groups is 1. The highest BCUT2D eigenvalue weighted by Crippen LogP contribution is 2.20. The minimum atomic E-state index is -0.0539. The lowest BCUT2D eigenvalue weighted by Crippen LogP contribution is -2.22. The van der Waals surface area contributed by atoms with Crippen molar-refractivity contribution in [3.05, 3.63) is 35.9 Å². The quantitative estimate of drug-likeness (QED) is 0.818. The van der Waals surface area contributed by atoms with E-state index in [0.717, 1.165) is 0 Å². The summed E-state index contributed by atoms with van der Waals surface area (Å²) >= 11 is 6.03. The Morgan fingerprint density at radius 3 is 2.88 bits per heavy atom. The van der Waals surface area contributed by atoms with Gasteiger partial charge >= 0.3 is 0 Å². The zero-order chi connectivity index (χ0) is 12.4. The van der Waals surface area contributed by atoms with Crippen LogP contribution in [-0.2, 0) is 4.79 Å². The first-order valence-corrected chi connectivity index (χ1v) is 5.36. The first-order valence-electron chi connectivity index (χ1n) is 4.98. The molecule has 0 unspecified atom stereocenters. The van der Waals surface area contributed by atoms with E-state index in [9.17, 15) is 4.79 Å². The second-order valence-corrected chi connectivity index (χ2v) is 3.96. The summed E-state index contributed by atoms with van der Waals surface area (Å²) < 4.78 is 1.59. The van der Waals surface area contributed by atoms with Crippen molar-refractivity contribution in [1.29, 1.82) is 0 Å². The Bertz CT molecular complexity index is 552. The van der Waals surface area contributed by atoms with Crippen LogP contribution in [0.25, 0.3) is 5.69 Å². The van der Waals surface area contributed by atoms with Gasteiger partial charge in [-0.25, -0.2) is 4.68 Å². The van der Waals surface area contributed by atoms with Gasteiger partial charge in [-0.3, -0.25) is 9.78 Å². The van der Waals surface area contributed by atoms with E-state index in [1.165, 1.54) is 11.8 Å². The second-order valence-electron chi connectivity index (χ2n) is 3.55. The lowest BCUT2D eigenvalue weighted by Gasteiger charge is -2.10. The van der Waals surface area contributed by atoms with Crippen LogP contribution < -0.4 is 4.90 Å². The Labute approximate surface area is 104 Å². The largest absolute Gasteiger partial charge is 0.313 e. The molecule has 0 aliphatic carbocycles. The highest BCUT2D eigenvalue weighted by Gasteiger charge is 2.10. The molecule has 2 aromatic heterocycles. The summed E-state index contributed by atoms with van der Waals surface area (Å²) in [6.45, 7) is 1.49. The van der Waals surface area contributed by atoms with E-state index in [-0.39, 0.29) is 5.91 Å². The lowest BCUT2D eigenvalue weighted by atomic mass is 10.4. The van der Waals surface area contributed by atoms with Crippen molar-refractivity contribution in [2.24, 2.45) is 0 Å². The maximum atomic E-state index is 11.2. The van der Waals surface area contributed by atoms with Gasteiger partial charge in [0.1, 0.15) is 5.69 Å². The van der Waals surface area contributed by atoms with Crippen molar-refractivity contribution < 1.29 is 4.79 Å². The number of hydrogen-bond donors (Lipinski definition) is 0. The van der Waals surface area contributed by atoms with E-state index >= 15 is 0 Å². The van der Waals surface area contributed by atoms with Crippen molar-refractivity contribution in [3.8, 4) is 5.69 Å². The molecule has 88 valence electrons. The number of hydrogen-bond acceptors (Lipinski definition) is 3. The fourth-order valence-corrected chi connectivity index (χ4v) is 1.53. The molecule has 6 heteroatoms. The smallest absolute Gasteiger partial charge is 0.223 e. The third-order valence-corrected chi connectivity index (χ3v) is 2.74. The van der Waals surface area contributed by atoms with Gasteiger partial charge in [0.15, 0.2) is 0 Å². The van der Waals surface area contributed by atoms with Gasteiger partial charge in [-0.1, -0.05) is 11.6 Å². The molecule has 0 aromatic carbocycles. The maximum absolute atomic E-state index is 11.2. The fourth-order valence-electron chi connectivity index (χ4n) is 1.34. The Morgan fingerprint density at radius 2 is 2.24 bits per heavy atom. The molecule has 0 spiro atoms. The molecule has 0 saturated heterocycles. The standard InChI is InChI=1S/C11H11ClN4O/c1-8(17)15(2)9-5-14-16(7-9)11-6-13-4-3-10(11)12/h3-7H,1-2H3. The minimum Gasteiger partial charge on any atom is -0.313 e. The summed E-state index contributed by atoms with van der Waals surface area (Å²) in [5.41, 5.74) is 1.38. The molecular weight excluding hydrogens is 240 g/mol. The molecule has 0 saturated carbocycles. The first-order chi connectivity index (χ1) is 8.09. The molecule has 17 heavy (non-hydrogen) atoms. The van der Waals surface area contributed by atoms with Crippen LogP contribution in [-0.4, -0.2) is 27.7 Å². The average molecular weight is 251 g/mol. The Hall–Kier alpha value is -1.88. The Kier molecular flexibility index (Phi) is 3.10. The van der Waals surface area contributed by atoms with Crippen LogP contribution >= 0.6 is 11.6 Å². The molecule has 2 heterocycles. The van der Waals surface area contributed by atoms with Crippen LogP contribution in [0.2, 0.25) is 5.02 Å². The Balaban J connectivity index is 2.37. The highest BCUT2D eigenvalue weighted by molar-refractivity contribution is 6.32. The normalized spacial score (nSPS) is 10.3. The molecule has 2 rings (SSSR count). The van der Waals surface area contributed by atoms with Gasteiger partial charge in [0, 0.05) is 20.2 Å². The topological polar surface area (TPSA) is 51.0 Å². The minimum absolute atomic E-state index is 0.0539. The summed E-state index contributed by atoms with van der Waals surface area (Å²) in [5.74, 6) is -0.0539. The van der Waals surface area contributed by atoms with Gasteiger partial charge in [-0.2, -0.15) is 5.10 Å². The molecule has 1 amide bonds. The van der Waals surface area contributed by atoms with Crippen LogP contribution in [0.15, 0.2) is 30.9 Å². The van der Waals surface area contributed by atoms with Crippen LogP contribution in [0.3, 0.4) is 0 Å². The van der Waals surface area contributed by atoms with Gasteiger partial charge < -0.3 is 4.90 Å². The first kappa shape index (κ1) is 11.6. The summed E-state index contributed by atoms with van der Waals surface area (Å²) in [6.07, 6.45) is 6.56. The number of pyridine rings is 1. The molecule has 0 atom stereocenters. The Morgan fingerprint density at radius 1 is 1.47 bits per heavy atom. The van der Waals surface area contributed by atoms with E-state index in [0.29, 0.717) is 16.4 Å². The van der Waals surface area contributed by atoms with Crippen LogP contribution in [0.4, 0.5) is 5.69 Å². The van der Waals surface area contributed by atoms with Crippen molar-refractivity contribution >= 4 is 23.2 Å². The number of carbonyl (C=O) groups excluding carboxylic acids is 1. The maximum Gasteiger partial charge on any atom is 0.223 e. The SMILES string of the molecule is CC(=O)N(C)c1cnn(-c2cnccc2Cl)c1. The summed E-state index contributed by atoms with van der Waals surface area (Å²) in [5, 5.41) is 4.70. The average Bonchev–Trinajstić information content (AvgIpc) is 2.77. The summed E-state index contributed by atoms with van der Waals surface area (Å²) in [6, 6.07) is 1.69. The van der Waals surface area contributed by atoms with Crippen molar-refractivity contribution in [1.82, 2.24) is 14.8 Å². The summed E-state index contributed by atoms with van der Waals surface area (Å²) in [7, 11) is 1.69.